The van der Waals surface area contributed by atoms with Crippen LogP contribution in [-0.4, -0.2) is 28.6 Å². The highest BCUT2D eigenvalue weighted by Crippen LogP contribution is 2.10. The van der Waals surface area contributed by atoms with Gasteiger partial charge >= 0.3 is 0 Å². The number of H-pyrrole nitrogens is 1. The number of nitrogens with zero attached hydrogens (tertiary/aromatic N) is 1. The molecule has 21 heavy (non-hydrogen) atoms. The van der Waals surface area contributed by atoms with Crippen molar-refractivity contribution in [2.45, 2.75) is 13.3 Å². The number of hydrogen-bond donors (Lipinski definition) is 3. The summed E-state index contributed by atoms with van der Waals surface area (Å²) in [4.78, 5) is 23.5. The Balaban J connectivity index is 1.85. The summed E-state index contributed by atoms with van der Waals surface area (Å²) < 4.78 is 0. The number of halogens is 1. The molecule has 0 aliphatic carbocycles. The topological polar surface area (TPSA) is 86.9 Å². The van der Waals surface area contributed by atoms with Crippen molar-refractivity contribution in [1.29, 1.82) is 0 Å². The molecule has 0 bridgehead atoms. The first kappa shape index (κ1) is 15.1. The summed E-state index contributed by atoms with van der Waals surface area (Å²) >= 11 is 5.80. The Morgan fingerprint density at radius 2 is 2.14 bits per heavy atom. The van der Waals surface area contributed by atoms with Crippen LogP contribution >= 0.6 is 11.6 Å². The third-order valence-electron chi connectivity index (χ3n) is 2.78. The average molecular weight is 307 g/mol. The minimum absolute atomic E-state index is 0.139. The SMILES string of the molecule is CCc1cc(NC(=O)CNC(=O)c2cccc(Cl)c2)n[nH]1. The first-order valence-electron chi connectivity index (χ1n) is 6.46. The van der Waals surface area contributed by atoms with E-state index in [0.29, 0.717) is 16.4 Å². The second-order valence-corrected chi connectivity index (χ2v) is 4.81. The number of aromatic amines is 1. The number of carbonyl (C=O) groups is 2. The van der Waals surface area contributed by atoms with Gasteiger partial charge in [-0.3, -0.25) is 14.7 Å². The van der Waals surface area contributed by atoms with E-state index in [9.17, 15) is 9.59 Å². The highest BCUT2D eigenvalue weighted by molar-refractivity contribution is 6.31. The normalized spacial score (nSPS) is 10.2. The number of aryl methyl sites for hydroxylation is 1. The molecule has 0 fully saturated rings. The fourth-order valence-corrected chi connectivity index (χ4v) is 1.88. The third kappa shape index (κ3) is 4.32. The Hall–Kier alpha value is -2.34. The summed E-state index contributed by atoms with van der Waals surface area (Å²) in [6, 6.07) is 8.26. The molecule has 2 amide bonds. The Morgan fingerprint density at radius 3 is 2.81 bits per heavy atom. The summed E-state index contributed by atoms with van der Waals surface area (Å²) in [5, 5.41) is 12.3. The van der Waals surface area contributed by atoms with Crippen LogP contribution in [-0.2, 0) is 11.2 Å². The van der Waals surface area contributed by atoms with Gasteiger partial charge in [-0.05, 0) is 24.6 Å². The van der Waals surface area contributed by atoms with Crippen molar-refractivity contribution in [3.05, 3.63) is 46.6 Å². The second kappa shape index (κ2) is 6.90. The number of benzene rings is 1. The monoisotopic (exact) mass is 306 g/mol. The van der Waals surface area contributed by atoms with E-state index in [1.807, 2.05) is 6.92 Å². The fraction of sp³-hybridized carbons (Fsp3) is 0.214. The van der Waals surface area contributed by atoms with E-state index in [4.69, 9.17) is 11.6 Å². The van der Waals surface area contributed by atoms with Crippen molar-refractivity contribution in [3.63, 3.8) is 0 Å². The average Bonchev–Trinajstić information content (AvgIpc) is 2.92. The van der Waals surface area contributed by atoms with Crippen LogP contribution in [0.15, 0.2) is 30.3 Å². The van der Waals surface area contributed by atoms with Crippen LogP contribution in [0.3, 0.4) is 0 Å². The summed E-state index contributed by atoms with van der Waals surface area (Å²) in [7, 11) is 0. The number of anilines is 1. The molecule has 6 nitrogen and oxygen atoms in total. The van der Waals surface area contributed by atoms with Crippen LogP contribution < -0.4 is 10.6 Å². The molecule has 0 unspecified atom stereocenters. The van der Waals surface area contributed by atoms with E-state index in [-0.39, 0.29) is 18.4 Å². The molecule has 7 heteroatoms. The molecule has 110 valence electrons. The second-order valence-electron chi connectivity index (χ2n) is 4.37. The maximum atomic E-state index is 11.8. The van der Waals surface area contributed by atoms with Crippen LogP contribution in [0.25, 0.3) is 0 Å². The maximum absolute atomic E-state index is 11.8. The Labute approximate surface area is 126 Å². The van der Waals surface area contributed by atoms with Crippen molar-refractivity contribution in [1.82, 2.24) is 15.5 Å². The van der Waals surface area contributed by atoms with Gasteiger partial charge in [0.25, 0.3) is 5.91 Å². The standard InChI is InChI=1S/C14H15ClN4O2/c1-2-11-7-12(19-18-11)17-13(20)8-16-14(21)9-4-3-5-10(15)6-9/h3-7H,2,8H2,1H3,(H,16,21)(H2,17,18,19,20). The van der Waals surface area contributed by atoms with Gasteiger partial charge < -0.3 is 10.6 Å². The van der Waals surface area contributed by atoms with Crippen molar-refractivity contribution in [2.24, 2.45) is 0 Å². The molecule has 3 N–H and O–H groups in total. The first-order chi connectivity index (χ1) is 10.1. The zero-order valence-corrected chi connectivity index (χ0v) is 12.2. The number of amides is 2. The van der Waals surface area contributed by atoms with Gasteiger partial charge in [0, 0.05) is 22.3 Å². The molecular weight excluding hydrogens is 292 g/mol. The molecule has 2 rings (SSSR count). The van der Waals surface area contributed by atoms with Crippen LogP contribution in [0.4, 0.5) is 5.82 Å². The molecule has 1 aromatic carbocycles. The quantitative estimate of drug-likeness (QED) is 0.789. The first-order valence-corrected chi connectivity index (χ1v) is 6.84. The Kier molecular flexibility index (Phi) is 4.94. The van der Waals surface area contributed by atoms with Gasteiger partial charge in [-0.1, -0.05) is 24.6 Å². The lowest BCUT2D eigenvalue weighted by molar-refractivity contribution is -0.115. The molecule has 0 aliphatic heterocycles. The number of aromatic nitrogens is 2. The molecule has 0 radical (unpaired) electrons. The van der Waals surface area contributed by atoms with Crippen LogP contribution in [0, 0.1) is 0 Å². The van der Waals surface area contributed by atoms with E-state index >= 15 is 0 Å². The molecule has 0 spiro atoms. The van der Waals surface area contributed by atoms with Crippen LogP contribution in [0.5, 0.6) is 0 Å². The number of rotatable bonds is 5. The molecule has 2 aromatic rings. The van der Waals surface area contributed by atoms with Crippen molar-refractivity contribution in [3.8, 4) is 0 Å². The highest BCUT2D eigenvalue weighted by atomic mass is 35.5. The third-order valence-corrected chi connectivity index (χ3v) is 3.01. The molecule has 1 aromatic heterocycles. The van der Waals surface area contributed by atoms with Gasteiger partial charge in [0.2, 0.25) is 5.91 Å². The number of hydrogen-bond acceptors (Lipinski definition) is 3. The summed E-state index contributed by atoms with van der Waals surface area (Å²) in [5.74, 6) is -0.266. The van der Waals surface area contributed by atoms with Gasteiger partial charge in [-0.2, -0.15) is 5.10 Å². The minimum atomic E-state index is -0.357. The zero-order valence-electron chi connectivity index (χ0n) is 11.4. The maximum Gasteiger partial charge on any atom is 0.251 e. The zero-order chi connectivity index (χ0) is 15.2. The van der Waals surface area contributed by atoms with E-state index < -0.39 is 0 Å². The van der Waals surface area contributed by atoms with E-state index in [1.165, 1.54) is 6.07 Å². The van der Waals surface area contributed by atoms with E-state index in [0.717, 1.165) is 12.1 Å². The predicted molar refractivity (Wildman–Crippen MR) is 80.4 cm³/mol. The van der Waals surface area contributed by atoms with Gasteiger partial charge in [0.15, 0.2) is 5.82 Å². The lowest BCUT2D eigenvalue weighted by Gasteiger charge is -2.05. The smallest absolute Gasteiger partial charge is 0.251 e. The van der Waals surface area contributed by atoms with E-state index in [2.05, 4.69) is 20.8 Å². The Bertz CT molecular complexity index is 654. The van der Waals surface area contributed by atoms with Crippen molar-refractivity contribution < 1.29 is 9.59 Å². The van der Waals surface area contributed by atoms with Gasteiger partial charge in [-0.15, -0.1) is 0 Å². The van der Waals surface area contributed by atoms with Crippen molar-refractivity contribution in [2.75, 3.05) is 11.9 Å². The van der Waals surface area contributed by atoms with E-state index in [1.54, 1.807) is 24.3 Å². The molecule has 1 heterocycles. The van der Waals surface area contributed by atoms with Gasteiger partial charge in [0.1, 0.15) is 0 Å². The van der Waals surface area contributed by atoms with Crippen LogP contribution in [0.2, 0.25) is 5.02 Å². The lowest BCUT2D eigenvalue weighted by Crippen LogP contribution is -2.32. The number of carbonyl (C=O) groups excluding carboxylic acids is 2. The van der Waals surface area contributed by atoms with Crippen molar-refractivity contribution >= 4 is 29.2 Å². The van der Waals surface area contributed by atoms with Crippen LogP contribution in [0.1, 0.15) is 23.0 Å². The molecule has 0 saturated heterocycles. The summed E-state index contributed by atoms with van der Waals surface area (Å²) in [6.07, 6.45) is 0.800. The Morgan fingerprint density at radius 1 is 1.33 bits per heavy atom. The molecule has 0 atom stereocenters. The van der Waals surface area contributed by atoms with Gasteiger partial charge in [0.05, 0.1) is 6.54 Å². The highest BCUT2D eigenvalue weighted by Gasteiger charge is 2.09. The molecule has 0 saturated carbocycles. The lowest BCUT2D eigenvalue weighted by atomic mass is 10.2. The largest absolute Gasteiger partial charge is 0.343 e. The molecule has 0 aliphatic rings. The summed E-state index contributed by atoms with van der Waals surface area (Å²) in [5.41, 5.74) is 1.33. The predicted octanol–water partition coefficient (Wildman–Crippen LogP) is 1.99. The summed E-state index contributed by atoms with van der Waals surface area (Å²) in [6.45, 7) is 1.84. The number of nitrogens with one attached hydrogen (secondary N) is 3. The van der Waals surface area contributed by atoms with Gasteiger partial charge in [-0.25, -0.2) is 0 Å². The molecular formula is C14H15ClN4O2. The fourth-order valence-electron chi connectivity index (χ4n) is 1.69. The minimum Gasteiger partial charge on any atom is -0.343 e.